The number of hydrazine groups is 1. The molecule has 0 radical (unpaired) electrons. The van der Waals surface area contributed by atoms with Gasteiger partial charge in [0.1, 0.15) is 5.69 Å². The molecule has 1 aliphatic rings. The number of amides is 1. The van der Waals surface area contributed by atoms with E-state index in [1.54, 1.807) is 4.90 Å². The van der Waals surface area contributed by atoms with Gasteiger partial charge in [-0.05, 0) is 24.8 Å². The summed E-state index contributed by atoms with van der Waals surface area (Å²) in [5.74, 6) is 5.33. The number of nitrogen functional groups attached to an aromatic ring is 1. The molecule has 1 fully saturated rings. The number of hydrogen-bond acceptors (Lipinski definition) is 6. The molecular formula is C13H18N4O4. The lowest BCUT2D eigenvalue weighted by molar-refractivity contribution is -0.384. The van der Waals surface area contributed by atoms with E-state index in [1.165, 1.54) is 18.2 Å². The zero-order chi connectivity index (χ0) is 15.4. The first-order chi connectivity index (χ1) is 10.1. The molecule has 1 atom stereocenters. The summed E-state index contributed by atoms with van der Waals surface area (Å²) in [6.07, 6.45) is 1.48. The van der Waals surface area contributed by atoms with Gasteiger partial charge in [-0.15, -0.1) is 0 Å². The minimum Gasteiger partial charge on any atom is -0.396 e. The zero-order valence-electron chi connectivity index (χ0n) is 11.5. The summed E-state index contributed by atoms with van der Waals surface area (Å²) in [6.45, 7) is 1.22. The maximum absolute atomic E-state index is 12.5. The van der Waals surface area contributed by atoms with Crippen molar-refractivity contribution in [2.75, 3.05) is 25.1 Å². The summed E-state index contributed by atoms with van der Waals surface area (Å²) in [5, 5.41) is 19.9. The van der Waals surface area contributed by atoms with Gasteiger partial charge in [0.15, 0.2) is 0 Å². The Balaban J connectivity index is 2.24. The molecule has 1 amide bonds. The van der Waals surface area contributed by atoms with Crippen LogP contribution in [-0.4, -0.2) is 40.5 Å². The van der Waals surface area contributed by atoms with E-state index in [0.717, 1.165) is 6.42 Å². The molecule has 2 rings (SSSR count). The monoisotopic (exact) mass is 294 g/mol. The molecule has 1 aliphatic heterocycles. The van der Waals surface area contributed by atoms with Crippen LogP contribution in [0, 0.1) is 16.0 Å². The minimum absolute atomic E-state index is 0.0260. The Hall–Kier alpha value is -2.19. The third-order valence-electron chi connectivity index (χ3n) is 3.72. The van der Waals surface area contributed by atoms with Gasteiger partial charge >= 0.3 is 0 Å². The number of rotatable bonds is 5. The van der Waals surface area contributed by atoms with Crippen molar-refractivity contribution in [1.82, 2.24) is 4.90 Å². The van der Waals surface area contributed by atoms with Crippen LogP contribution in [-0.2, 0) is 0 Å². The fourth-order valence-corrected chi connectivity index (χ4v) is 2.63. The molecule has 1 unspecified atom stereocenters. The molecule has 21 heavy (non-hydrogen) atoms. The van der Waals surface area contributed by atoms with Gasteiger partial charge in [0.2, 0.25) is 0 Å². The smallest absolute Gasteiger partial charge is 0.294 e. The SMILES string of the molecule is NNc1c(C(=O)N2CCC(CCO)C2)cccc1[N+](=O)[O-]. The highest BCUT2D eigenvalue weighted by Gasteiger charge is 2.29. The molecule has 0 spiro atoms. The summed E-state index contributed by atoms with van der Waals surface area (Å²) in [4.78, 5) is 24.5. The molecule has 8 heteroatoms. The number of aliphatic hydroxyl groups excluding tert-OH is 1. The van der Waals surface area contributed by atoms with E-state index in [9.17, 15) is 14.9 Å². The van der Waals surface area contributed by atoms with Crippen molar-refractivity contribution < 1.29 is 14.8 Å². The van der Waals surface area contributed by atoms with Gasteiger partial charge in [-0.1, -0.05) is 6.07 Å². The maximum Gasteiger partial charge on any atom is 0.294 e. The fraction of sp³-hybridized carbons (Fsp3) is 0.462. The number of para-hydroxylation sites is 1. The number of carbonyl (C=O) groups is 1. The number of nitrogens with two attached hydrogens (primary N) is 1. The molecule has 1 aromatic carbocycles. The molecule has 8 nitrogen and oxygen atoms in total. The molecule has 114 valence electrons. The average Bonchev–Trinajstić information content (AvgIpc) is 2.94. The van der Waals surface area contributed by atoms with Crippen molar-refractivity contribution in [3.05, 3.63) is 33.9 Å². The largest absolute Gasteiger partial charge is 0.396 e. The summed E-state index contributed by atoms with van der Waals surface area (Å²) in [6, 6.07) is 4.28. The molecule has 4 N–H and O–H groups in total. The lowest BCUT2D eigenvalue weighted by Crippen LogP contribution is -2.30. The van der Waals surface area contributed by atoms with Crippen molar-refractivity contribution in [1.29, 1.82) is 0 Å². The number of aliphatic hydroxyl groups is 1. The second-order valence-electron chi connectivity index (χ2n) is 5.02. The third kappa shape index (κ3) is 3.11. The van der Waals surface area contributed by atoms with Gasteiger partial charge in [0, 0.05) is 25.8 Å². The molecule has 1 saturated heterocycles. The quantitative estimate of drug-likeness (QED) is 0.418. The number of benzene rings is 1. The van der Waals surface area contributed by atoms with E-state index in [4.69, 9.17) is 10.9 Å². The van der Waals surface area contributed by atoms with Crippen LogP contribution in [0.3, 0.4) is 0 Å². The standard InChI is InChI=1S/C13H18N4O4/c14-15-12-10(2-1-3-11(12)17(20)21)13(19)16-6-4-9(8-16)5-7-18/h1-3,9,15,18H,4-8,14H2. The van der Waals surface area contributed by atoms with Crippen LogP contribution in [0.4, 0.5) is 11.4 Å². The third-order valence-corrected chi connectivity index (χ3v) is 3.72. The lowest BCUT2D eigenvalue weighted by atomic mass is 10.1. The highest BCUT2D eigenvalue weighted by atomic mass is 16.6. The molecule has 0 saturated carbocycles. The molecule has 1 heterocycles. The van der Waals surface area contributed by atoms with Crippen LogP contribution in [0.15, 0.2) is 18.2 Å². The van der Waals surface area contributed by atoms with Crippen LogP contribution in [0.2, 0.25) is 0 Å². The number of hydrogen-bond donors (Lipinski definition) is 3. The van der Waals surface area contributed by atoms with E-state index in [2.05, 4.69) is 5.43 Å². The predicted molar refractivity (Wildman–Crippen MR) is 76.6 cm³/mol. The van der Waals surface area contributed by atoms with Gasteiger partial charge in [0.25, 0.3) is 11.6 Å². The van der Waals surface area contributed by atoms with Crippen LogP contribution >= 0.6 is 0 Å². The number of nitrogens with one attached hydrogen (secondary N) is 1. The van der Waals surface area contributed by atoms with Crippen molar-refractivity contribution >= 4 is 17.3 Å². The summed E-state index contributed by atoms with van der Waals surface area (Å²) < 4.78 is 0. The second kappa shape index (κ2) is 6.51. The summed E-state index contributed by atoms with van der Waals surface area (Å²) >= 11 is 0. The van der Waals surface area contributed by atoms with Crippen molar-refractivity contribution in [2.45, 2.75) is 12.8 Å². The van der Waals surface area contributed by atoms with Crippen LogP contribution in [0.5, 0.6) is 0 Å². The Kier molecular flexibility index (Phi) is 4.71. The van der Waals surface area contributed by atoms with Gasteiger partial charge in [-0.3, -0.25) is 20.8 Å². The summed E-state index contributed by atoms with van der Waals surface area (Å²) in [7, 11) is 0. The van der Waals surface area contributed by atoms with Gasteiger partial charge in [0.05, 0.1) is 10.5 Å². The van der Waals surface area contributed by atoms with E-state index in [-0.39, 0.29) is 35.4 Å². The Labute approximate surface area is 121 Å². The van der Waals surface area contributed by atoms with E-state index < -0.39 is 4.92 Å². The zero-order valence-corrected chi connectivity index (χ0v) is 11.5. The number of anilines is 1. The molecule has 1 aromatic rings. The number of likely N-dealkylation sites (tertiary alicyclic amines) is 1. The first-order valence-electron chi connectivity index (χ1n) is 6.72. The van der Waals surface area contributed by atoms with Gasteiger partial charge < -0.3 is 15.4 Å². The van der Waals surface area contributed by atoms with Crippen LogP contribution < -0.4 is 11.3 Å². The van der Waals surface area contributed by atoms with Crippen molar-refractivity contribution in [2.24, 2.45) is 11.8 Å². The Morgan fingerprint density at radius 2 is 2.33 bits per heavy atom. The molecular weight excluding hydrogens is 276 g/mol. The van der Waals surface area contributed by atoms with E-state index in [1.807, 2.05) is 0 Å². The number of nitro benzene ring substituents is 1. The first kappa shape index (κ1) is 15.2. The number of nitro groups is 1. The van der Waals surface area contributed by atoms with Crippen LogP contribution in [0.25, 0.3) is 0 Å². The lowest BCUT2D eigenvalue weighted by Gasteiger charge is -2.18. The Morgan fingerprint density at radius 1 is 1.57 bits per heavy atom. The van der Waals surface area contributed by atoms with Gasteiger partial charge in [-0.2, -0.15) is 0 Å². The fourth-order valence-electron chi connectivity index (χ4n) is 2.63. The second-order valence-corrected chi connectivity index (χ2v) is 5.02. The average molecular weight is 294 g/mol. The molecule has 0 bridgehead atoms. The predicted octanol–water partition coefficient (Wildman–Crippen LogP) is 0.725. The highest BCUT2D eigenvalue weighted by Crippen LogP contribution is 2.30. The maximum atomic E-state index is 12.5. The minimum atomic E-state index is -0.579. The van der Waals surface area contributed by atoms with E-state index in [0.29, 0.717) is 19.5 Å². The Bertz CT molecular complexity index is 549. The molecule has 0 aromatic heterocycles. The molecule has 0 aliphatic carbocycles. The number of nitrogens with zero attached hydrogens (tertiary/aromatic N) is 2. The van der Waals surface area contributed by atoms with Crippen molar-refractivity contribution in [3.63, 3.8) is 0 Å². The highest BCUT2D eigenvalue weighted by molar-refractivity contribution is 6.01. The number of carbonyl (C=O) groups excluding carboxylic acids is 1. The van der Waals surface area contributed by atoms with Crippen LogP contribution in [0.1, 0.15) is 23.2 Å². The van der Waals surface area contributed by atoms with Gasteiger partial charge in [-0.25, -0.2) is 0 Å². The van der Waals surface area contributed by atoms with E-state index >= 15 is 0 Å². The van der Waals surface area contributed by atoms with Crippen molar-refractivity contribution in [3.8, 4) is 0 Å². The Morgan fingerprint density at radius 3 is 2.95 bits per heavy atom. The summed E-state index contributed by atoms with van der Waals surface area (Å²) in [5.41, 5.74) is 2.25. The normalized spacial score (nSPS) is 17.8. The topological polar surface area (TPSA) is 122 Å². The first-order valence-corrected chi connectivity index (χ1v) is 6.72.